The number of likely N-dealkylation sites (tertiary alicyclic amines) is 1. The van der Waals surface area contributed by atoms with Crippen molar-refractivity contribution < 1.29 is 0 Å². The monoisotopic (exact) mass is 373 g/mol. The van der Waals surface area contributed by atoms with Crippen molar-refractivity contribution in [3.05, 3.63) is 58.3 Å². The molecule has 1 aliphatic rings. The van der Waals surface area contributed by atoms with E-state index in [1.165, 1.54) is 36.4 Å². The van der Waals surface area contributed by atoms with E-state index < -0.39 is 0 Å². The van der Waals surface area contributed by atoms with Gasteiger partial charge in [0.15, 0.2) is 5.11 Å². The number of hydrogen-bond acceptors (Lipinski definition) is 3. The van der Waals surface area contributed by atoms with Crippen LogP contribution >= 0.6 is 23.6 Å². The summed E-state index contributed by atoms with van der Waals surface area (Å²) in [5.41, 5.74) is 1.33. The number of nitrogens with one attached hydrogen (secondary N) is 2. The van der Waals surface area contributed by atoms with E-state index in [0.29, 0.717) is 6.04 Å². The first-order valence-electron chi connectivity index (χ1n) is 9.10. The van der Waals surface area contributed by atoms with Crippen molar-refractivity contribution >= 4 is 28.7 Å². The average molecular weight is 374 g/mol. The summed E-state index contributed by atoms with van der Waals surface area (Å²) in [6.07, 6.45) is 3.58. The Balaban J connectivity index is 1.51. The summed E-state index contributed by atoms with van der Waals surface area (Å²) >= 11 is 7.37. The van der Waals surface area contributed by atoms with Crippen LogP contribution in [0.2, 0.25) is 0 Å². The van der Waals surface area contributed by atoms with Gasteiger partial charge in [0.2, 0.25) is 0 Å². The summed E-state index contributed by atoms with van der Waals surface area (Å²) in [5, 5.41) is 9.80. The summed E-state index contributed by atoms with van der Waals surface area (Å²) in [5.74, 6) is 0. The van der Waals surface area contributed by atoms with Crippen LogP contribution in [0.3, 0.4) is 0 Å². The summed E-state index contributed by atoms with van der Waals surface area (Å²) in [6, 6.07) is 15.6. The Morgan fingerprint density at radius 3 is 2.60 bits per heavy atom. The minimum Gasteiger partial charge on any atom is -0.362 e. The van der Waals surface area contributed by atoms with Crippen molar-refractivity contribution in [3.63, 3.8) is 0 Å². The highest BCUT2D eigenvalue weighted by Crippen LogP contribution is 2.31. The van der Waals surface area contributed by atoms with Crippen molar-refractivity contribution in [1.82, 2.24) is 15.5 Å². The lowest BCUT2D eigenvalue weighted by atomic mass is 10.1. The van der Waals surface area contributed by atoms with E-state index in [1.54, 1.807) is 0 Å². The molecule has 0 amide bonds. The van der Waals surface area contributed by atoms with Crippen molar-refractivity contribution in [2.45, 2.75) is 38.3 Å². The van der Waals surface area contributed by atoms with Gasteiger partial charge in [-0.3, -0.25) is 4.90 Å². The Morgan fingerprint density at radius 1 is 1.16 bits per heavy atom. The summed E-state index contributed by atoms with van der Waals surface area (Å²) in [4.78, 5) is 4.02. The summed E-state index contributed by atoms with van der Waals surface area (Å²) in [7, 11) is 0. The first-order valence-corrected chi connectivity index (χ1v) is 10.4. The SMILES string of the molecule is C[C@H](NC(=S)NCCc1ccccc1)[C@@H](c1cccs1)N1CCCC1. The van der Waals surface area contributed by atoms with E-state index in [9.17, 15) is 0 Å². The fourth-order valence-electron chi connectivity index (χ4n) is 3.52. The maximum Gasteiger partial charge on any atom is 0.166 e. The average Bonchev–Trinajstić information content (AvgIpc) is 3.30. The van der Waals surface area contributed by atoms with Crippen LogP contribution in [0.1, 0.15) is 36.2 Å². The lowest BCUT2D eigenvalue weighted by molar-refractivity contribution is 0.213. The van der Waals surface area contributed by atoms with E-state index >= 15 is 0 Å². The zero-order valence-electron chi connectivity index (χ0n) is 14.8. The van der Waals surface area contributed by atoms with Gasteiger partial charge in [0.1, 0.15) is 0 Å². The van der Waals surface area contributed by atoms with Crippen LogP contribution in [0.15, 0.2) is 47.8 Å². The van der Waals surface area contributed by atoms with Crippen molar-refractivity contribution in [2.24, 2.45) is 0 Å². The highest BCUT2D eigenvalue weighted by molar-refractivity contribution is 7.80. The third kappa shape index (κ3) is 5.27. The fraction of sp³-hybridized carbons (Fsp3) is 0.450. The van der Waals surface area contributed by atoms with Crippen LogP contribution in [0, 0.1) is 0 Å². The Hall–Kier alpha value is -1.43. The Labute approximate surface area is 160 Å². The minimum absolute atomic E-state index is 0.286. The van der Waals surface area contributed by atoms with E-state index in [-0.39, 0.29) is 6.04 Å². The first-order chi connectivity index (χ1) is 12.2. The molecule has 1 aliphatic heterocycles. The molecule has 0 saturated carbocycles. The predicted octanol–water partition coefficient (Wildman–Crippen LogP) is 3.98. The topological polar surface area (TPSA) is 27.3 Å². The number of nitrogens with zero attached hydrogens (tertiary/aromatic N) is 1. The zero-order chi connectivity index (χ0) is 17.5. The van der Waals surface area contributed by atoms with Gasteiger partial charge in [-0.15, -0.1) is 11.3 Å². The molecule has 5 heteroatoms. The smallest absolute Gasteiger partial charge is 0.166 e. The maximum absolute atomic E-state index is 5.53. The van der Waals surface area contributed by atoms with E-state index in [0.717, 1.165) is 18.1 Å². The van der Waals surface area contributed by atoms with E-state index in [2.05, 4.69) is 64.2 Å². The van der Waals surface area contributed by atoms with Crippen LogP contribution in [-0.2, 0) is 6.42 Å². The lowest BCUT2D eigenvalue weighted by Gasteiger charge is -2.33. The van der Waals surface area contributed by atoms with Crippen LogP contribution in [0.4, 0.5) is 0 Å². The minimum atomic E-state index is 0.286. The molecule has 2 heterocycles. The van der Waals surface area contributed by atoms with E-state index in [1.807, 2.05) is 17.4 Å². The maximum atomic E-state index is 5.53. The quantitative estimate of drug-likeness (QED) is 0.718. The standard InChI is InChI=1S/C20H27N3S2/c1-16(19(18-10-7-15-25-18)23-13-5-6-14-23)22-20(24)21-12-11-17-8-3-2-4-9-17/h2-4,7-10,15-16,19H,5-6,11-14H2,1H3,(H2,21,22,24)/t16-,19-/m0/s1. The molecular formula is C20H27N3S2. The van der Waals surface area contributed by atoms with Gasteiger partial charge in [-0.05, 0) is 68.5 Å². The normalized spacial score (nSPS) is 17.2. The molecule has 1 aromatic carbocycles. The second-order valence-electron chi connectivity index (χ2n) is 6.63. The molecule has 2 N–H and O–H groups in total. The van der Waals surface area contributed by atoms with Gasteiger partial charge in [-0.25, -0.2) is 0 Å². The molecule has 3 rings (SSSR count). The molecule has 1 saturated heterocycles. The molecule has 2 aromatic rings. The van der Waals surface area contributed by atoms with Crippen LogP contribution in [0.25, 0.3) is 0 Å². The molecular weight excluding hydrogens is 346 g/mol. The second kappa shape index (κ2) is 9.32. The molecule has 0 aliphatic carbocycles. The lowest BCUT2D eigenvalue weighted by Crippen LogP contribution is -2.47. The van der Waals surface area contributed by atoms with Crippen LogP contribution in [-0.4, -0.2) is 35.7 Å². The molecule has 2 atom stereocenters. The van der Waals surface area contributed by atoms with Gasteiger partial charge < -0.3 is 10.6 Å². The Morgan fingerprint density at radius 2 is 1.92 bits per heavy atom. The van der Waals surface area contributed by atoms with Crippen LogP contribution in [0.5, 0.6) is 0 Å². The van der Waals surface area contributed by atoms with E-state index in [4.69, 9.17) is 12.2 Å². The third-order valence-corrected chi connectivity index (χ3v) is 5.95. The molecule has 134 valence electrons. The molecule has 1 fully saturated rings. The fourth-order valence-corrected chi connectivity index (χ4v) is 4.78. The number of thiophene rings is 1. The van der Waals surface area contributed by atoms with Gasteiger partial charge in [0, 0.05) is 17.5 Å². The molecule has 25 heavy (non-hydrogen) atoms. The zero-order valence-corrected chi connectivity index (χ0v) is 16.4. The summed E-state index contributed by atoms with van der Waals surface area (Å²) < 4.78 is 0. The predicted molar refractivity (Wildman–Crippen MR) is 111 cm³/mol. The van der Waals surface area contributed by atoms with Crippen molar-refractivity contribution in [3.8, 4) is 0 Å². The number of benzene rings is 1. The molecule has 0 unspecified atom stereocenters. The molecule has 3 nitrogen and oxygen atoms in total. The molecule has 0 radical (unpaired) electrons. The van der Waals surface area contributed by atoms with Gasteiger partial charge in [0.05, 0.1) is 6.04 Å². The number of rotatable bonds is 7. The third-order valence-electron chi connectivity index (χ3n) is 4.74. The van der Waals surface area contributed by atoms with Gasteiger partial charge in [-0.2, -0.15) is 0 Å². The second-order valence-corrected chi connectivity index (χ2v) is 8.02. The molecule has 0 spiro atoms. The van der Waals surface area contributed by atoms with Gasteiger partial charge >= 0.3 is 0 Å². The van der Waals surface area contributed by atoms with Crippen molar-refractivity contribution in [1.29, 1.82) is 0 Å². The molecule has 0 bridgehead atoms. The van der Waals surface area contributed by atoms with Crippen LogP contribution < -0.4 is 10.6 Å². The number of thiocarbonyl (C=S) groups is 1. The van der Waals surface area contributed by atoms with Gasteiger partial charge in [-0.1, -0.05) is 36.4 Å². The Kier molecular flexibility index (Phi) is 6.84. The van der Waals surface area contributed by atoms with Crippen molar-refractivity contribution in [2.75, 3.05) is 19.6 Å². The Bertz CT molecular complexity index is 636. The first kappa shape index (κ1) is 18.4. The molecule has 1 aromatic heterocycles. The summed E-state index contributed by atoms with van der Waals surface area (Å²) in [6.45, 7) is 5.47. The number of hydrogen-bond donors (Lipinski definition) is 2. The highest BCUT2D eigenvalue weighted by atomic mass is 32.1. The van der Waals surface area contributed by atoms with Gasteiger partial charge in [0.25, 0.3) is 0 Å². The highest BCUT2D eigenvalue weighted by Gasteiger charge is 2.29. The largest absolute Gasteiger partial charge is 0.362 e.